The number of likely N-dealkylation sites (tertiary alicyclic amines) is 1. The number of hydrogen-bond acceptors (Lipinski definition) is 4. The van der Waals surface area contributed by atoms with Crippen molar-refractivity contribution in [3.8, 4) is 5.75 Å². The van der Waals surface area contributed by atoms with E-state index in [1.165, 1.54) is 11.1 Å². The standard InChI is InChI=1S/C28H31BrClN2O2S/c1-33-26-12-5-3-10-24(26)28(22-8-7-9-23(30)20-22)21-14-17-32(18-15-21)19-16-31-35(34-2)27-13-6-4-11-25(27)29/h3-13,20,31H,14-19H2,1-2H3/q+1. The van der Waals surface area contributed by atoms with Crippen LogP contribution < -0.4 is 9.46 Å². The Balaban J connectivity index is 1.46. The number of hydrogen-bond donors (Lipinski definition) is 1. The number of benzene rings is 3. The third-order valence-corrected chi connectivity index (χ3v) is 8.91. The smallest absolute Gasteiger partial charge is 0.278 e. The second-order valence-electron chi connectivity index (χ2n) is 8.29. The van der Waals surface area contributed by atoms with Crippen LogP contribution in [0.4, 0.5) is 0 Å². The first kappa shape index (κ1) is 26.3. The SMILES string of the molecule is COc1ccccc1C(=C1CCN(CCN[S+](OC)c2ccccc2Br)CC1)c1cccc(Cl)c1. The topological polar surface area (TPSA) is 33.7 Å². The van der Waals surface area contributed by atoms with E-state index in [4.69, 9.17) is 20.5 Å². The molecule has 1 aliphatic rings. The third-order valence-electron chi connectivity index (χ3n) is 6.17. The van der Waals surface area contributed by atoms with E-state index in [0.717, 1.165) is 70.3 Å². The van der Waals surface area contributed by atoms with Crippen LogP contribution in [0, 0.1) is 0 Å². The molecular weight excluding hydrogens is 544 g/mol. The highest BCUT2D eigenvalue weighted by Crippen LogP contribution is 2.37. The molecule has 184 valence electrons. The number of piperidine rings is 1. The van der Waals surface area contributed by atoms with Gasteiger partial charge in [0.2, 0.25) is 4.90 Å². The van der Waals surface area contributed by atoms with Gasteiger partial charge in [0, 0.05) is 30.2 Å². The molecular formula is C28H31BrClN2O2S+. The quantitative estimate of drug-likeness (QED) is 0.287. The number of nitrogens with one attached hydrogen (secondary N) is 1. The van der Waals surface area contributed by atoms with Gasteiger partial charge in [0.25, 0.3) is 11.4 Å². The molecule has 7 heteroatoms. The number of ether oxygens (including phenoxy) is 1. The number of nitrogens with zero attached hydrogens (tertiary/aromatic N) is 1. The summed E-state index contributed by atoms with van der Waals surface area (Å²) in [5.74, 6) is 0.889. The average Bonchev–Trinajstić information content (AvgIpc) is 2.89. The number of halogens is 2. The van der Waals surface area contributed by atoms with Crippen molar-refractivity contribution in [1.29, 1.82) is 0 Å². The zero-order valence-electron chi connectivity index (χ0n) is 20.1. The summed E-state index contributed by atoms with van der Waals surface area (Å²) >= 11 is 9.57. The lowest BCUT2D eigenvalue weighted by atomic mass is 9.88. The minimum absolute atomic E-state index is 0.440. The molecule has 4 rings (SSSR count). The molecule has 3 aromatic carbocycles. The maximum Gasteiger partial charge on any atom is 0.278 e. The fourth-order valence-electron chi connectivity index (χ4n) is 4.46. The molecule has 4 nitrogen and oxygen atoms in total. The van der Waals surface area contributed by atoms with Crippen LogP contribution in [-0.2, 0) is 15.5 Å². The minimum Gasteiger partial charge on any atom is -0.496 e. The van der Waals surface area contributed by atoms with Crippen molar-refractivity contribution in [2.45, 2.75) is 17.7 Å². The average molecular weight is 575 g/mol. The Labute approximate surface area is 225 Å². The van der Waals surface area contributed by atoms with Gasteiger partial charge in [0.15, 0.2) is 0 Å². The summed E-state index contributed by atoms with van der Waals surface area (Å²) in [6.45, 7) is 3.88. The monoisotopic (exact) mass is 573 g/mol. The number of para-hydroxylation sites is 1. The van der Waals surface area contributed by atoms with Crippen LogP contribution in [0.5, 0.6) is 5.75 Å². The first-order valence-corrected chi connectivity index (χ1v) is 14.0. The van der Waals surface area contributed by atoms with E-state index in [1.54, 1.807) is 14.2 Å². The molecule has 0 aromatic heterocycles. The van der Waals surface area contributed by atoms with Crippen molar-refractivity contribution in [2.24, 2.45) is 0 Å². The van der Waals surface area contributed by atoms with Crippen LogP contribution in [0.25, 0.3) is 5.57 Å². The van der Waals surface area contributed by atoms with Crippen LogP contribution in [-0.4, -0.2) is 45.3 Å². The Morgan fingerprint density at radius 1 is 1.00 bits per heavy atom. The van der Waals surface area contributed by atoms with Gasteiger partial charge in [-0.1, -0.05) is 59.6 Å². The van der Waals surface area contributed by atoms with Crippen molar-refractivity contribution < 1.29 is 8.92 Å². The molecule has 0 spiro atoms. The highest BCUT2D eigenvalue weighted by molar-refractivity contribution is 9.10. The van der Waals surface area contributed by atoms with Gasteiger partial charge in [-0.2, -0.15) is 4.18 Å². The molecule has 1 saturated heterocycles. The second-order valence-corrected chi connectivity index (χ2v) is 11.2. The fourth-order valence-corrected chi connectivity index (χ4v) is 6.55. The Hall–Kier alpha value is -1.80. The van der Waals surface area contributed by atoms with Crippen LogP contribution in [0.15, 0.2) is 87.7 Å². The molecule has 1 N–H and O–H groups in total. The maximum absolute atomic E-state index is 6.38. The van der Waals surface area contributed by atoms with Crippen molar-refractivity contribution in [3.63, 3.8) is 0 Å². The minimum atomic E-state index is -0.440. The van der Waals surface area contributed by atoms with Gasteiger partial charge in [-0.05, 0) is 70.2 Å². The molecule has 0 radical (unpaired) electrons. The molecule has 1 heterocycles. The fraction of sp³-hybridized carbons (Fsp3) is 0.286. The van der Waals surface area contributed by atoms with Crippen molar-refractivity contribution in [2.75, 3.05) is 40.4 Å². The lowest BCUT2D eigenvalue weighted by molar-refractivity contribution is 0.261. The van der Waals surface area contributed by atoms with E-state index in [2.05, 4.69) is 55.9 Å². The lowest BCUT2D eigenvalue weighted by Gasteiger charge is -2.30. The molecule has 1 atom stereocenters. The zero-order chi connectivity index (χ0) is 24.6. The summed E-state index contributed by atoms with van der Waals surface area (Å²) in [5, 5.41) is 0.748. The van der Waals surface area contributed by atoms with Crippen LogP contribution in [0.3, 0.4) is 0 Å². The normalized spacial score (nSPS) is 15.1. The molecule has 1 fully saturated rings. The molecule has 0 amide bonds. The molecule has 0 bridgehead atoms. The number of rotatable bonds is 9. The summed E-state index contributed by atoms with van der Waals surface area (Å²) in [4.78, 5) is 3.66. The van der Waals surface area contributed by atoms with Gasteiger partial charge < -0.3 is 9.64 Å². The first-order valence-electron chi connectivity index (χ1n) is 11.7. The van der Waals surface area contributed by atoms with E-state index in [9.17, 15) is 0 Å². The third kappa shape index (κ3) is 6.70. The van der Waals surface area contributed by atoms with Gasteiger partial charge in [-0.25, -0.2) is 0 Å². The molecule has 0 saturated carbocycles. The van der Waals surface area contributed by atoms with Crippen molar-refractivity contribution in [1.82, 2.24) is 9.62 Å². The highest BCUT2D eigenvalue weighted by atomic mass is 79.9. The molecule has 0 aliphatic carbocycles. The zero-order valence-corrected chi connectivity index (χ0v) is 23.3. The van der Waals surface area contributed by atoms with Gasteiger partial charge >= 0.3 is 0 Å². The second kappa shape index (κ2) is 12.9. The maximum atomic E-state index is 6.38. The molecule has 1 unspecified atom stereocenters. The summed E-state index contributed by atoms with van der Waals surface area (Å²) in [5.41, 5.74) is 4.97. The van der Waals surface area contributed by atoms with Crippen molar-refractivity contribution >= 4 is 44.5 Å². The van der Waals surface area contributed by atoms with E-state index in [-0.39, 0.29) is 0 Å². The predicted octanol–water partition coefficient (Wildman–Crippen LogP) is 6.75. The van der Waals surface area contributed by atoms with Gasteiger partial charge in [0.05, 0.1) is 25.2 Å². The van der Waals surface area contributed by atoms with Crippen LogP contribution >= 0.6 is 27.5 Å². The summed E-state index contributed by atoms with van der Waals surface area (Å²) in [6, 6.07) is 24.6. The largest absolute Gasteiger partial charge is 0.496 e. The van der Waals surface area contributed by atoms with E-state index in [0.29, 0.717) is 0 Å². The van der Waals surface area contributed by atoms with E-state index >= 15 is 0 Å². The molecule has 1 aliphatic heterocycles. The molecule has 3 aromatic rings. The predicted molar refractivity (Wildman–Crippen MR) is 151 cm³/mol. The van der Waals surface area contributed by atoms with Crippen LogP contribution in [0.1, 0.15) is 24.0 Å². The summed E-state index contributed by atoms with van der Waals surface area (Å²) in [7, 11) is 3.49. The van der Waals surface area contributed by atoms with Gasteiger partial charge in [-0.15, -0.1) is 4.72 Å². The van der Waals surface area contributed by atoms with Crippen molar-refractivity contribution in [3.05, 3.63) is 99.0 Å². The molecule has 35 heavy (non-hydrogen) atoms. The Bertz CT molecular complexity index is 1160. The Kier molecular flexibility index (Phi) is 9.72. The van der Waals surface area contributed by atoms with E-state index < -0.39 is 11.4 Å². The van der Waals surface area contributed by atoms with Crippen LogP contribution in [0.2, 0.25) is 5.02 Å². The van der Waals surface area contributed by atoms with E-state index in [1.807, 2.05) is 42.5 Å². The summed E-state index contributed by atoms with van der Waals surface area (Å²) in [6.07, 6.45) is 2.03. The first-order chi connectivity index (χ1) is 17.1. The van der Waals surface area contributed by atoms with Gasteiger partial charge in [0.1, 0.15) is 5.75 Å². The Morgan fingerprint density at radius 2 is 1.74 bits per heavy atom. The number of methoxy groups -OCH3 is 1. The lowest BCUT2D eigenvalue weighted by Crippen LogP contribution is -2.38. The van der Waals surface area contributed by atoms with Gasteiger partial charge in [-0.3, -0.25) is 0 Å². The highest BCUT2D eigenvalue weighted by Gasteiger charge is 2.27. The summed E-state index contributed by atoms with van der Waals surface area (Å²) < 4.78 is 16.1. The Morgan fingerprint density at radius 3 is 2.46 bits per heavy atom.